The SMILES string of the molecule is CN1CCC(C(C)(C)CS)CC1. The summed E-state index contributed by atoms with van der Waals surface area (Å²) < 4.78 is 0. The van der Waals surface area contributed by atoms with E-state index in [0.717, 1.165) is 11.7 Å². The molecule has 0 atom stereocenters. The van der Waals surface area contributed by atoms with Crippen LogP contribution in [-0.4, -0.2) is 30.8 Å². The normalized spacial score (nSPS) is 23.0. The lowest BCUT2D eigenvalue weighted by atomic mass is 9.75. The fraction of sp³-hybridized carbons (Fsp3) is 1.00. The molecule has 0 aromatic carbocycles. The summed E-state index contributed by atoms with van der Waals surface area (Å²) in [5.74, 6) is 1.90. The van der Waals surface area contributed by atoms with Gasteiger partial charge in [0.05, 0.1) is 0 Å². The Bertz CT molecular complexity index is 137. The second-order valence-corrected chi connectivity index (χ2v) is 5.04. The lowest BCUT2D eigenvalue weighted by Gasteiger charge is -2.38. The molecule has 72 valence electrons. The van der Waals surface area contributed by atoms with E-state index in [2.05, 4.69) is 38.4 Å². The van der Waals surface area contributed by atoms with E-state index in [-0.39, 0.29) is 0 Å². The Balaban J connectivity index is 2.44. The standard InChI is InChI=1S/C10H21NS/c1-10(2,8-12)9-4-6-11(3)7-5-9/h9,12H,4-8H2,1-3H3. The van der Waals surface area contributed by atoms with Crippen LogP contribution in [0.3, 0.4) is 0 Å². The van der Waals surface area contributed by atoms with Crippen LogP contribution in [0.1, 0.15) is 26.7 Å². The summed E-state index contributed by atoms with van der Waals surface area (Å²) in [5, 5.41) is 0. The number of hydrogen-bond donors (Lipinski definition) is 1. The van der Waals surface area contributed by atoms with Crippen molar-refractivity contribution in [1.29, 1.82) is 0 Å². The molecule has 0 aliphatic carbocycles. The average molecular weight is 187 g/mol. The highest BCUT2D eigenvalue weighted by atomic mass is 32.1. The van der Waals surface area contributed by atoms with Gasteiger partial charge in [-0.25, -0.2) is 0 Å². The summed E-state index contributed by atoms with van der Waals surface area (Å²) in [6.07, 6.45) is 2.70. The third-order valence-electron chi connectivity index (χ3n) is 3.23. The molecule has 0 aromatic rings. The van der Waals surface area contributed by atoms with Gasteiger partial charge in [-0.15, -0.1) is 0 Å². The van der Waals surface area contributed by atoms with Crippen LogP contribution in [0.2, 0.25) is 0 Å². The third-order valence-corrected chi connectivity index (χ3v) is 4.05. The highest BCUT2D eigenvalue weighted by molar-refractivity contribution is 7.80. The van der Waals surface area contributed by atoms with Gasteiger partial charge in [0.2, 0.25) is 0 Å². The summed E-state index contributed by atoms with van der Waals surface area (Å²) in [5.41, 5.74) is 0.435. The molecule has 0 amide bonds. The first-order valence-corrected chi connectivity index (χ1v) is 5.49. The van der Waals surface area contributed by atoms with Crippen molar-refractivity contribution >= 4 is 12.6 Å². The summed E-state index contributed by atoms with van der Waals surface area (Å²) in [4.78, 5) is 2.42. The van der Waals surface area contributed by atoms with Crippen LogP contribution in [0, 0.1) is 11.3 Å². The van der Waals surface area contributed by atoms with Crippen LogP contribution in [0.5, 0.6) is 0 Å². The van der Waals surface area contributed by atoms with Gasteiger partial charge >= 0.3 is 0 Å². The molecule has 1 rings (SSSR count). The Kier molecular flexibility index (Phi) is 3.47. The van der Waals surface area contributed by atoms with Crippen molar-refractivity contribution in [2.75, 3.05) is 25.9 Å². The molecule has 1 aliphatic heterocycles. The monoisotopic (exact) mass is 187 g/mol. The van der Waals surface area contributed by atoms with E-state index in [9.17, 15) is 0 Å². The van der Waals surface area contributed by atoms with Gasteiger partial charge in [0.25, 0.3) is 0 Å². The number of thiol groups is 1. The van der Waals surface area contributed by atoms with Crippen molar-refractivity contribution in [3.05, 3.63) is 0 Å². The van der Waals surface area contributed by atoms with Crippen molar-refractivity contribution in [3.63, 3.8) is 0 Å². The van der Waals surface area contributed by atoms with Crippen LogP contribution < -0.4 is 0 Å². The number of piperidine rings is 1. The largest absolute Gasteiger partial charge is 0.306 e. The van der Waals surface area contributed by atoms with Gasteiger partial charge in [0.15, 0.2) is 0 Å². The van der Waals surface area contributed by atoms with E-state index in [1.54, 1.807) is 0 Å². The van der Waals surface area contributed by atoms with Crippen molar-refractivity contribution in [2.24, 2.45) is 11.3 Å². The molecular formula is C10H21NS. The summed E-state index contributed by atoms with van der Waals surface area (Å²) in [7, 11) is 2.21. The van der Waals surface area contributed by atoms with Gasteiger partial charge < -0.3 is 4.90 Å². The van der Waals surface area contributed by atoms with Crippen molar-refractivity contribution in [3.8, 4) is 0 Å². The maximum atomic E-state index is 4.42. The third kappa shape index (κ3) is 2.40. The lowest BCUT2D eigenvalue weighted by Crippen LogP contribution is -2.37. The molecule has 0 unspecified atom stereocenters. The van der Waals surface area contributed by atoms with Crippen LogP contribution in [0.25, 0.3) is 0 Å². The zero-order chi connectivity index (χ0) is 9.19. The molecule has 0 saturated carbocycles. The van der Waals surface area contributed by atoms with E-state index < -0.39 is 0 Å². The van der Waals surface area contributed by atoms with Crippen LogP contribution in [0.15, 0.2) is 0 Å². The molecule has 0 aromatic heterocycles. The maximum absolute atomic E-state index is 4.42. The summed E-state index contributed by atoms with van der Waals surface area (Å²) in [6, 6.07) is 0. The zero-order valence-corrected chi connectivity index (χ0v) is 9.40. The van der Waals surface area contributed by atoms with Gasteiger partial charge in [-0.2, -0.15) is 12.6 Å². The summed E-state index contributed by atoms with van der Waals surface area (Å²) in [6.45, 7) is 7.22. The molecule has 0 N–H and O–H groups in total. The van der Waals surface area contributed by atoms with Gasteiger partial charge in [0, 0.05) is 0 Å². The average Bonchev–Trinajstić information content (AvgIpc) is 2.05. The Morgan fingerprint density at radius 2 is 1.83 bits per heavy atom. The Morgan fingerprint density at radius 1 is 1.33 bits per heavy atom. The van der Waals surface area contributed by atoms with E-state index in [1.807, 2.05) is 0 Å². The molecule has 2 heteroatoms. The Hall–Kier alpha value is 0.310. The predicted octanol–water partition coefficient (Wildman–Crippen LogP) is 2.28. The molecule has 1 heterocycles. The molecule has 0 bridgehead atoms. The van der Waals surface area contributed by atoms with Crippen LogP contribution in [-0.2, 0) is 0 Å². The molecule has 0 radical (unpaired) electrons. The molecule has 1 saturated heterocycles. The van der Waals surface area contributed by atoms with E-state index >= 15 is 0 Å². The van der Waals surface area contributed by atoms with E-state index in [0.29, 0.717) is 5.41 Å². The molecule has 0 spiro atoms. The minimum absolute atomic E-state index is 0.435. The van der Waals surface area contributed by atoms with Gasteiger partial charge in [-0.3, -0.25) is 0 Å². The van der Waals surface area contributed by atoms with Gasteiger partial charge in [-0.1, -0.05) is 13.8 Å². The molecule has 1 nitrogen and oxygen atoms in total. The smallest absolute Gasteiger partial charge is 0.00189 e. The topological polar surface area (TPSA) is 3.24 Å². The fourth-order valence-electron chi connectivity index (χ4n) is 1.92. The first-order valence-electron chi connectivity index (χ1n) is 4.85. The maximum Gasteiger partial charge on any atom is -0.00189 e. The van der Waals surface area contributed by atoms with E-state index in [1.165, 1.54) is 25.9 Å². The Labute approximate surface area is 81.9 Å². The minimum atomic E-state index is 0.435. The van der Waals surface area contributed by atoms with E-state index in [4.69, 9.17) is 0 Å². The second kappa shape index (κ2) is 4.01. The lowest BCUT2D eigenvalue weighted by molar-refractivity contribution is 0.132. The number of rotatable bonds is 2. The quantitative estimate of drug-likeness (QED) is 0.649. The van der Waals surface area contributed by atoms with Crippen molar-refractivity contribution < 1.29 is 0 Å². The fourth-order valence-corrected chi connectivity index (χ4v) is 2.18. The molecular weight excluding hydrogens is 166 g/mol. The minimum Gasteiger partial charge on any atom is -0.306 e. The summed E-state index contributed by atoms with van der Waals surface area (Å²) >= 11 is 4.42. The molecule has 12 heavy (non-hydrogen) atoms. The first kappa shape index (κ1) is 10.4. The predicted molar refractivity (Wildman–Crippen MR) is 57.9 cm³/mol. The Morgan fingerprint density at radius 3 is 2.25 bits per heavy atom. The highest BCUT2D eigenvalue weighted by Gasteiger charge is 2.30. The van der Waals surface area contributed by atoms with Crippen LogP contribution >= 0.6 is 12.6 Å². The second-order valence-electron chi connectivity index (χ2n) is 4.72. The van der Waals surface area contributed by atoms with Crippen molar-refractivity contribution in [1.82, 2.24) is 4.90 Å². The molecule has 1 aliphatic rings. The first-order chi connectivity index (χ1) is 5.56. The van der Waals surface area contributed by atoms with Gasteiger partial charge in [0.1, 0.15) is 0 Å². The van der Waals surface area contributed by atoms with Gasteiger partial charge in [-0.05, 0) is 50.1 Å². The van der Waals surface area contributed by atoms with Crippen molar-refractivity contribution in [2.45, 2.75) is 26.7 Å². The number of likely N-dealkylation sites (tertiary alicyclic amines) is 1. The highest BCUT2D eigenvalue weighted by Crippen LogP contribution is 2.35. The van der Waals surface area contributed by atoms with Crippen LogP contribution in [0.4, 0.5) is 0 Å². The molecule has 1 fully saturated rings. The number of hydrogen-bond acceptors (Lipinski definition) is 2. The zero-order valence-electron chi connectivity index (χ0n) is 8.51. The number of nitrogens with zero attached hydrogens (tertiary/aromatic N) is 1.